The lowest BCUT2D eigenvalue weighted by Crippen LogP contribution is -2.50. The topological polar surface area (TPSA) is 35.6 Å². The molecular formula is C13H21N3O. The van der Waals surface area contributed by atoms with E-state index in [4.69, 9.17) is 6.42 Å². The van der Waals surface area contributed by atoms with E-state index >= 15 is 0 Å². The number of likely N-dealkylation sites (tertiary alicyclic amines) is 1. The number of piperazine rings is 1. The smallest absolute Gasteiger partial charge is 0.225 e. The number of nitrogens with one attached hydrogen (secondary N) is 1. The van der Waals surface area contributed by atoms with Gasteiger partial charge in [0.05, 0.1) is 6.54 Å². The zero-order valence-electron chi connectivity index (χ0n) is 10.3. The van der Waals surface area contributed by atoms with Gasteiger partial charge in [-0.05, 0) is 25.9 Å². The average Bonchev–Trinajstić information content (AvgIpc) is 2.40. The van der Waals surface area contributed by atoms with E-state index in [-0.39, 0.29) is 5.92 Å². The lowest BCUT2D eigenvalue weighted by Gasteiger charge is -2.35. The number of rotatable bonds is 2. The molecule has 2 fully saturated rings. The van der Waals surface area contributed by atoms with Crippen molar-refractivity contribution in [1.29, 1.82) is 0 Å². The van der Waals surface area contributed by atoms with Gasteiger partial charge in [-0.15, -0.1) is 6.42 Å². The number of hydrogen-bond acceptors (Lipinski definition) is 3. The molecule has 1 amide bonds. The van der Waals surface area contributed by atoms with Gasteiger partial charge >= 0.3 is 0 Å². The summed E-state index contributed by atoms with van der Waals surface area (Å²) in [4.78, 5) is 16.5. The lowest BCUT2D eigenvalue weighted by molar-refractivity contribution is -0.137. The van der Waals surface area contributed by atoms with E-state index in [0.717, 1.165) is 52.1 Å². The Morgan fingerprint density at radius 1 is 1.24 bits per heavy atom. The molecule has 0 aromatic rings. The molecule has 0 bridgehead atoms. The lowest BCUT2D eigenvalue weighted by atomic mass is 9.95. The normalized spacial score (nSPS) is 23.4. The van der Waals surface area contributed by atoms with Crippen LogP contribution in [0.5, 0.6) is 0 Å². The van der Waals surface area contributed by atoms with Crippen LogP contribution in [0.25, 0.3) is 0 Å². The molecule has 2 rings (SSSR count). The van der Waals surface area contributed by atoms with E-state index in [9.17, 15) is 4.79 Å². The Hall–Kier alpha value is -1.05. The molecule has 4 heteroatoms. The highest BCUT2D eigenvalue weighted by Gasteiger charge is 2.28. The van der Waals surface area contributed by atoms with Gasteiger partial charge < -0.3 is 10.2 Å². The summed E-state index contributed by atoms with van der Waals surface area (Å²) in [5, 5.41) is 3.27. The molecule has 0 spiro atoms. The molecular weight excluding hydrogens is 214 g/mol. The number of amides is 1. The molecule has 1 N–H and O–H groups in total. The third-order valence-corrected chi connectivity index (χ3v) is 3.68. The van der Waals surface area contributed by atoms with Crippen LogP contribution in [0, 0.1) is 18.3 Å². The highest BCUT2D eigenvalue weighted by atomic mass is 16.2. The minimum atomic E-state index is 0.224. The number of piperidine rings is 1. The van der Waals surface area contributed by atoms with E-state index in [0.29, 0.717) is 12.5 Å². The third-order valence-electron chi connectivity index (χ3n) is 3.68. The Labute approximate surface area is 103 Å². The van der Waals surface area contributed by atoms with E-state index in [1.54, 1.807) is 0 Å². The van der Waals surface area contributed by atoms with Crippen molar-refractivity contribution in [3.63, 3.8) is 0 Å². The molecule has 0 aromatic heterocycles. The van der Waals surface area contributed by atoms with Crippen molar-refractivity contribution in [2.45, 2.75) is 12.8 Å². The SMILES string of the molecule is C#CCN1CCC(C(=O)N2CCNCC2)CC1. The number of carbonyl (C=O) groups is 1. The zero-order valence-corrected chi connectivity index (χ0v) is 10.3. The molecule has 17 heavy (non-hydrogen) atoms. The minimum Gasteiger partial charge on any atom is -0.340 e. The van der Waals surface area contributed by atoms with Crippen molar-refractivity contribution in [3.05, 3.63) is 0 Å². The highest BCUT2D eigenvalue weighted by Crippen LogP contribution is 2.19. The van der Waals surface area contributed by atoms with Crippen molar-refractivity contribution in [2.24, 2.45) is 5.92 Å². The summed E-state index contributed by atoms with van der Waals surface area (Å²) in [6, 6.07) is 0. The van der Waals surface area contributed by atoms with Crippen LogP contribution in [0.2, 0.25) is 0 Å². The van der Waals surface area contributed by atoms with Crippen LogP contribution in [0.1, 0.15) is 12.8 Å². The minimum absolute atomic E-state index is 0.224. The van der Waals surface area contributed by atoms with Crippen molar-refractivity contribution < 1.29 is 4.79 Å². The molecule has 2 aliphatic rings. The van der Waals surface area contributed by atoms with Crippen LogP contribution in [0.15, 0.2) is 0 Å². The van der Waals surface area contributed by atoms with Crippen LogP contribution < -0.4 is 5.32 Å². The van der Waals surface area contributed by atoms with Gasteiger partial charge in [0.2, 0.25) is 5.91 Å². The number of terminal acetylenes is 1. The molecule has 94 valence electrons. The summed E-state index contributed by atoms with van der Waals surface area (Å²) in [5.41, 5.74) is 0. The van der Waals surface area contributed by atoms with Crippen LogP contribution in [-0.4, -0.2) is 61.5 Å². The van der Waals surface area contributed by atoms with Crippen LogP contribution in [-0.2, 0) is 4.79 Å². The number of carbonyl (C=O) groups excluding carboxylic acids is 1. The number of nitrogens with zero attached hydrogens (tertiary/aromatic N) is 2. The first kappa shape index (κ1) is 12.4. The van der Waals surface area contributed by atoms with E-state index in [1.807, 2.05) is 4.90 Å². The maximum Gasteiger partial charge on any atom is 0.225 e. The molecule has 2 aliphatic heterocycles. The summed E-state index contributed by atoms with van der Waals surface area (Å²) in [6.07, 6.45) is 7.22. The first-order valence-electron chi connectivity index (χ1n) is 6.46. The van der Waals surface area contributed by atoms with Gasteiger partial charge in [-0.3, -0.25) is 9.69 Å². The summed E-state index contributed by atoms with van der Waals surface area (Å²) in [6.45, 7) is 6.24. The van der Waals surface area contributed by atoms with Crippen molar-refractivity contribution in [1.82, 2.24) is 15.1 Å². The second-order valence-electron chi connectivity index (χ2n) is 4.83. The van der Waals surface area contributed by atoms with Gasteiger partial charge in [0.1, 0.15) is 0 Å². The molecule has 2 heterocycles. The van der Waals surface area contributed by atoms with Crippen LogP contribution in [0.3, 0.4) is 0 Å². The zero-order chi connectivity index (χ0) is 12.1. The fourth-order valence-corrected chi connectivity index (χ4v) is 2.61. The maximum absolute atomic E-state index is 12.3. The van der Waals surface area contributed by atoms with Gasteiger partial charge in [0.25, 0.3) is 0 Å². The van der Waals surface area contributed by atoms with Gasteiger partial charge in [0.15, 0.2) is 0 Å². The predicted octanol–water partition coefficient (Wildman–Crippen LogP) is -0.237. The van der Waals surface area contributed by atoms with Crippen LogP contribution in [0.4, 0.5) is 0 Å². The summed E-state index contributed by atoms with van der Waals surface area (Å²) in [7, 11) is 0. The largest absolute Gasteiger partial charge is 0.340 e. The fourth-order valence-electron chi connectivity index (χ4n) is 2.61. The molecule has 0 radical (unpaired) electrons. The first-order chi connectivity index (χ1) is 8.31. The molecule has 4 nitrogen and oxygen atoms in total. The van der Waals surface area contributed by atoms with Gasteiger partial charge in [-0.1, -0.05) is 5.92 Å². The summed E-state index contributed by atoms with van der Waals surface area (Å²) >= 11 is 0. The predicted molar refractivity (Wildman–Crippen MR) is 67.4 cm³/mol. The molecule has 0 saturated carbocycles. The van der Waals surface area contributed by atoms with E-state index in [2.05, 4.69) is 16.1 Å². The second-order valence-corrected chi connectivity index (χ2v) is 4.83. The standard InChI is InChI=1S/C13H21N3O/c1-2-7-15-8-3-12(4-9-15)13(17)16-10-5-14-6-11-16/h1,12,14H,3-11H2. The monoisotopic (exact) mass is 235 g/mol. The molecule has 0 atom stereocenters. The summed E-state index contributed by atoms with van der Waals surface area (Å²) in [5.74, 6) is 3.24. The van der Waals surface area contributed by atoms with Crippen LogP contribution >= 0.6 is 0 Å². The average molecular weight is 235 g/mol. The molecule has 0 aliphatic carbocycles. The maximum atomic E-state index is 12.3. The number of hydrogen-bond donors (Lipinski definition) is 1. The molecule has 0 unspecified atom stereocenters. The van der Waals surface area contributed by atoms with E-state index in [1.165, 1.54) is 0 Å². The second kappa shape index (κ2) is 6.04. The molecule has 2 saturated heterocycles. The van der Waals surface area contributed by atoms with E-state index < -0.39 is 0 Å². The van der Waals surface area contributed by atoms with Crippen molar-refractivity contribution >= 4 is 5.91 Å². The quantitative estimate of drug-likeness (QED) is 0.671. The van der Waals surface area contributed by atoms with Gasteiger partial charge in [0, 0.05) is 32.1 Å². The first-order valence-corrected chi connectivity index (χ1v) is 6.46. The molecule has 0 aromatic carbocycles. The highest BCUT2D eigenvalue weighted by molar-refractivity contribution is 5.79. The Kier molecular flexibility index (Phi) is 4.41. The Morgan fingerprint density at radius 2 is 1.88 bits per heavy atom. The summed E-state index contributed by atoms with van der Waals surface area (Å²) < 4.78 is 0. The van der Waals surface area contributed by atoms with Crippen molar-refractivity contribution in [2.75, 3.05) is 45.8 Å². The van der Waals surface area contributed by atoms with Gasteiger partial charge in [-0.25, -0.2) is 0 Å². The fraction of sp³-hybridized carbons (Fsp3) is 0.769. The Morgan fingerprint density at radius 3 is 2.47 bits per heavy atom. The Balaban J connectivity index is 1.79. The third kappa shape index (κ3) is 3.21. The van der Waals surface area contributed by atoms with Crippen molar-refractivity contribution in [3.8, 4) is 12.3 Å². The van der Waals surface area contributed by atoms with Gasteiger partial charge in [-0.2, -0.15) is 0 Å². The Bertz CT molecular complexity index is 296.